The molecule has 0 spiro atoms. The first-order valence-electron chi connectivity index (χ1n) is 8.00. The summed E-state index contributed by atoms with van der Waals surface area (Å²) in [5.41, 5.74) is -3.55. The minimum atomic E-state index is -4.75. The van der Waals surface area contributed by atoms with Crippen molar-refractivity contribution in [2.24, 2.45) is 0 Å². The molecule has 28 heavy (non-hydrogen) atoms. The lowest BCUT2D eigenvalue weighted by molar-refractivity contribution is -0.140. The van der Waals surface area contributed by atoms with Gasteiger partial charge in [0, 0.05) is 6.54 Å². The molecule has 6 amide bonds. The number of rotatable bonds is 5. The molecule has 0 aromatic heterocycles. The molecule has 0 bridgehead atoms. The first-order chi connectivity index (χ1) is 13.0. The Hall–Kier alpha value is -3.37. The van der Waals surface area contributed by atoms with E-state index in [2.05, 4.69) is 17.2 Å². The molecular formula is C17H17F3N4O4. The number of alkyl halides is 3. The van der Waals surface area contributed by atoms with Gasteiger partial charge in [0.25, 0.3) is 5.91 Å². The smallest absolute Gasteiger partial charge is 0.334 e. The van der Waals surface area contributed by atoms with Gasteiger partial charge >= 0.3 is 18.2 Å². The van der Waals surface area contributed by atoms with Crippen LogP contribution in [0, 0.1) is 0 Å². The SMILES string of the molecule is C=CCNC(=O)NC(=O)CN1C(=O)N[C@](C)(c2ccccc2C(F)(F)F)C1=O. The van der Waals surface area contributed by atoms with Crippen LogP contribution in [0.15, 0.2) is 36.9 Å². The summed E-state index contributed by atoms with van der Waals surface area (Å²) in [5.74, 6) is -2.03. The standard InChI is InChI=1S/C17H17F3N4O4/c1-3-8-21-14(27)22-12(25)9-24-13(26)16(2,23-15(24)28)10-6-4-5-7-11(10)17(18,19)20/h3-7H,1,8-9H2,2H3,(H,23,28)(H2,21,22,25,27)/t16-/m1/s1. The molecule has 1 fully saturated rings. The van der Waals surface area contributed by atoms with Gasteiger partial charge in [-0.3, -0.25) is 19.8 Å². The molecule has 1 heterocycles. The fraction of sp³-hybridized carbons (Fsp3) is 0.294. The van der Waals surface area contributed by atoms with Crippen molar-refractivity contribution in [1.82, 2.24) is 20.9 Å². The highest BCUT2D eigenvalue weighted by Crippen LogP contribution is 2.39. The molecule has 150 valence electrons. The highest BCUT2D eigenvalue weighted by molar-refractivity contribution is 6.10. The minimum absolute atomic E-state index is 0.0779. The van der Waals surface area contributed by atoms with Gasteiger partial charge in [-0.05, 0) is 18.6 Å². The molecule has 1 aliphatic heterocycles. The number of benzene rings is 1. The highest BCUT2D eigenvalue weighted by atomic mass is 19.4. The normalized spacial score (nSPS) is 19.2. The second-order valence-corrected chi connectivity index (χ2v) is 6.04. The van der Waals surface area contributed by atoms with Crippen LogP contribution < -0.4 is 16.0 Å². The number of amides is 6. The van der Waals surface area contributed by atoms with Gasteiger partial charge < -0.3 is 10.6 Å². The largest absolute Gasteiger partial charge is 0.416 e. The van der Waals surface area contributed by atoms with Crippen molar-refractivity contribution in [3.63, 3.8) is 0 Å². The number of carbonyl (C=O) groups excluding carboxylic acids is 4. The van der Waals surface area contributed by atoms with E-state index in [4.69, 9.17) is 0 Å². The zero-order chi connectivity index (χ0) is 21.1. The predicted molar refractivity (Wildman–Crippen MR) is 90.8 cm³/mol. The van der Waals surface area contributed by atoms with Crippen molar-refractivity contribution in [3.05, 3.63) is 48.0 Å². The zero-order valence-corrected chi connectivity index (χ0v) is 14.7. The molecule has 1 aliphatic rings. The minimum Gasteiger partial charge on any atom is -0.334 e. The van der Waals surface area contributed by atoms with Crippen molar-refractivity contribution in [2.75, 3.05) is 13.1 Å². The Morgan fingerprint density at radius 2 is 1.93 bits per heavy atom. The molecule has 1 atom stereocenters. The molecule has 0 saturated carbocycles. The Morgan fingerprint density at radius 3 is 2.54 bits per heavy atom. The third kappa shape index (κ3) is 4.13. The molecule has 1 saturated heterocycles. The van der Waals surface area contributed by atoms with E-state index in [1.807, 2.05) is 5.32 Å². The number of urea groups is 2. The van der Waals surface area contributed by atoms with E-state index in [0.717, 1.165) is 25.1 Å². The van der Waals surface area contributed by atoms with E-state index >= 15 is 0 Å². The van der Waals surface area contributed by atoms with E-state index in [-0.39, 0.29) is 6.54 Å². The van der Waals surface area contributed by atoms with E-state index in [1.54, 1.807) is 0 Å². The molecule has 0 radical (unpaired) electrons. The lowest BCUT2D eigenvalue weighted by atomic mass is 9.87. The number of hydrogen-bond acceptors (Lipinski definition) is 4. The van der Waals surface area contributed by atoms with Crippen molar-refractivity contribution in [3.8, 4) is 0 Å². The third-order valence-corrected chi connectivity index (χ3v) is 4.01. The van der Waals surface area contributed by atoms with Gasteiger partial charge in [-0.15, -0.1) is 6.58 Å². The maximum absolute atomic E-state index is 13.3. The quantitative estimate of drug-likeness (QED) is 0.516. The Labute approximate surface area is 157 Å². The van der Waals surface area contributed by atoms with Crippen LogP contribution in [0.3, 0.4) is 0 Å². The van der Waals surface area contributed by atoms with Gasteiger partial charge in [-0.25, -0.2) is 9.59 Å². The second kappa shape index (κ2) is 7.71. The second-order valence-electron chi connectivity index (χ2n) is 6.04. The summed E-state index contributed by atoms with van der Waals surface area (Å²) in [4.78, 5) is 48.6. The molecule has 0 unspecified atom stereocenters. The molecule has 0 aliphatic carbocycles. The number of nitrogens with one attached hydrogen (secondary N) is 3. The van der Waals surface area contributed by atoms with Gasteiger partial charge in [-0.2, -0.15) is 13.2 Å². The van der Waals surface area contributed by atoms with Crippen molar-refractivity contribution in [1.29, 1.82) is 0 Å². The maximum Gasteiger partial charge on any atom is 0.416 e. The van der Waals surface area contributed by atoms with Crippen LogP contribution in [0.5, 0.6) is 0 Å². The Bertz CT molecular complexity index is 840. The van der Waals surface area contributed by atoms with Gasteiger partial charge in [-0.1, -0.05) is 24.3 Å². The van der Waals surface area contributed by atoms with Crippen LogP contribution in [-0.4, -0.2) is 41.9 Å². The van der Waals surface area contributed by atoms with Crippen LogP contribution in [-0.2, 0) is 21.3 Å². The van der Waals surface area contributed by atoms with Crippen molar-refractivity contribution >= 4 is 23.9 Å². The van der Waals surface area contributed by atoms with Crippen LogP contribution in [0.1, 0.15) is 18.1 Å². The lowest BCUT2D eigenvalue weighted by Gasteiger charge is -2.25. The topological polar surface area (TPSA) is 108 Å². The van der Waals surface area contributed by atoms with E-state index in [1.165, 1.54) is 12.1 Å². The van der Waals surface area contributed by atoms with Crippen molar-refractivity contribution in [2.45, 2.75) is 18.6 Å². The summed E-state index contributed by atoms with van der Waals surface area (Å²) in [5, 5.41) is 6.35. The van der Waals surface area contributed by atoms with Crippen molar-refractivity contribution < 1.29 is 32.3 Å². The monoisotopic (exact) mass is 398 g/mol. The molecule has 1 aromatic carbocycles. The van der Waals surface area contributed by atoms with E-state index < -0.39 is 53.3 Å². The summed E-state index contributed by atoms with van der Waals surface area (Å²) in [6.07, 6.45) is -3.39. The molecule has 8 nitrogen and oxygen atoms in total. The number of nitrogens with zero attached hydrogens (tertiary/aromatic N) is 1. The highest BCUT2D eigenvalue weighted by Gasteiger charge is 2.52. The maximum atomic E-state index is 13.3. The predicted octanol–water partition coefficient (Wildman–Crippen LogP) is 1.48. The fourth-order valence-electron chi connectivity index (χ4n) is 2.71. The molecule has 3 N–H and O–H groups in total. The van der Waals surface area contributed by atoms with E-state index in [9.17, 15) is 32.3 Å². The number of halogens is 3. The molecular weight excluding hydrogens is 381 g/mol. The van der Waals surface area contributed by atoms with E-state index in [0.29, 0.717) is 4.90 Å². The van der Waals surface area contributed by atoms with Gasteiger partial charge in [0.05, 0.1) is 5.56 Å². The van der Waals surface area contributed by atoms with Gasteiger partial charge in [0.2, 0.25) is 5.91 Å². The van der Waals surface area contributed by atoms with Crippen LogP contribution >= 0.6 is 0 Å². The summed E-state index contributed by atoms with van der Waals surface area (Å²) in [6, 6.07) is 2.40. The Kier molecular flexibility index (Phi) is 5.76. The first-order valence-corrected chi connectivity index (χ1v) is 8.00. The summed E-state index contributed by atoms with van der Waals surface area (Å²) >= 11 is 0. The molecule has 1 aromatic rings. The average Bonchev–Trinajstić information content (AvgIpc) is 2.83. The van der Waals surface area contributed by atoms with Gasteiger partial charge in [0.15, 0.2) is 0 Å². The summed E-state index contributed by atoms with van der Waals surface area (Å²) in [6.45, 7) is 3.73. The summed E-state index contributed by atoms with van der Waals surface area (Å²) in [7, 11) is 0. The molecule has 2 rings (SSSR count). The average molecular weight is 398 g/mol. The molecule has 11 heteroatoms. The Morgan fingerprint density at radius 1 is 1.29 bits per heavy atom. The lowest BCUT2D eigenvalue weighted by Crippen LogP contribution is -2.47. The Balaban J connectivity index is 2.23. The van der Waals surface area contributed by atoms with Gasteiger partial charge in [0.1, 0.15) is 12.1 Å². The number of carbonyl (C=O) groups is 4. The number of hydrogen-bond donors (Lipinski definition) is 3. The van der Waals surface area contributed by atoms with Crippen LogP contribution in [0.25, 0.3) is 0 Å². The zero-order valence-electron chi connectivity index (χ0n) is 14.7. The van der Waals surface area contributed by atoms with Crippen LogP contribution in [0.4, 0.5) is 22.8 Å². The fourth-order valence-corrected chi connectivity index (χ4v) is 2.71. The third-order valence-electron chi connectivity index (χ3n) is 4.01. The number of imide groups is 2. The van der Waals surface area contributed by atoms with Crippen LogP contribution in [0.2, 0.25) is 0 Å². The first kappa shape index (κ1) is 20.9. The summed E-state index contributed by atoms with van der Waals surface area (Å²) < 4.78 is 39.9.